The van der Waals surface area contributed by atoms with Gasteiger partial charge in [-0.2, -0.15) is 0 Å². The molecule has 0 radical (unpaired) electrons. The van der Waals surface area contributed by atoms with Crippen molar-refractivity contribution in [3.63, 3.8) is 0 Å². The molecule has 0 saturated carbocycles. The maximum atomic E-state index is 8.57. The first kappa shape index (κ1) is 14.9. The highest BCUT2D eigenvalue weighted by Crippen LogP contribution is 2.34. The summed E-state index contributed by atoms with van der Waals surface area (Å²) in [6, 6.07) is 19.3. The molecule has 4 heteroatoms. The van der Waals surface area contributed by atoms with E-state index in [-0.39, 0.29) is 0 Å². The predicted octanol–water partition coefficient (Wildman–Crippen LogP) is 5.25. The van der Waals surface area contributed by atoms with Gasteiger partial charge in [-0.15, -0.1) is 11.3 Å². The van der Waals surface area contributed by atoms with Crippen molar-refractivity contribution in [1.29, 1.82) is 0 Å². The second-order valence-electron chi connectivity index (χ2n) is 6.08. The van der Waals surface area contributed by atoms with Gasteiger partial charge in [-0.05, 0) is 50.4 Å². The molecule has 3 nitrogen and oxygen atoms in total. The molecule has 0 bridgehead atoms. The number of thiazole rings is 1. The molecule has 0 atom stereocenters. The Labute approximate surface area is 153 Å². The number of hydrogen-bond acceptors (Lipinski definition) is 4. The Balaban J connectivity index is 1.66. The van der Waals surface area contributed by atoms with Crippen molar-refractivity contribution < 1.29 is 5.21 Å². The molecule has 122 valence electrons. The van der Waals surface area contributed by atoms with Crippen molar-refractivity contribution in [3.8, 4) is 11.8 Å². The molecule has 5 aromatic rings. The summed E-state index contributed by atoms with van der Waals surface area (Å²) in [5.41, 5.74) is 1.57. The highest BCUT2D eigenvalue weighted by molar-refractivity contribution is 7.10. The van der Waals surface area contributed by atoms with Crippen molar-refractivity contribution in [1.82, 2.24) is 4.98 Å². The summed E-state index contributed by atoms with van der Waals surface area (Å²) in [6.07, 6.45) is 1.30. The van der Waals surface area contributed by atoms with Crippen molar-refractivity contribution in [2.75, 3.05) is 0 Å². The Bertz CT molecular complexity index is 1290. The third kappa shape index (κ3) is 2.38. The Morgan fingerprint density at radius 2 is 1.54 bits per heavy atom. The molecule has 0 amide bonds. The number of benzene rings is 4. The Hall–Kier alpha value is -3.42. The van der Waals surface area contributed by atoms with Gasteiger partial charge in [0.2, 0.25) is 0 Å². The molecule has 4 aromatic carbocycles. The van der Waals surface area contributed by atoms with Crippen LogP contribution in [0, 0.1) is 11.8 Å². The molecule has 0 aliphatic carbocycles. The highest BCUT2D eigenvalue weighted by atomic mass is 32.1. The van der Waals surface area contributed by atoms with E-state index in [9.17, 15) is 0 Å². The normalized spacial score (nSPS) is 11.5. The standard InChI is InChI=1S/C22H12N2OS/c25-23-12-19-13-26-20(24-19)9-4-14-10-17-7-5-15-2-1-3-16-6-8-18(11-14)22(17)21(15)16/h1-3,5-8,10-13,25H/b23-12-. The summed E-state index contributed by atoms with van der Waals surface area (Å²) in [6.45, 7) is 0. The van der Waals surface area contributed by atoms with Gasteiger partial charge in [-0.25, -0.2) is 4.98 Å². The molecular formula is C22H12N2OS. The molecule has 0 aliphatic rings. The smallest absolute Gasteiger partial charge is 0.167 e. The van der Waals surface area contributed by atoms with E-state index in [2.05, 4.69) is 76.6 Å². The first-order valence-electron chi connectivity index (χ1n) is 8.14. The average molecular weight is 352 g/mol. The minimum absolute atomic E-state index is 0.609. The lowest BCUT2D eigenvalue weighted by atomic mass is 9.93. The lowest BCUT2D eigenvalue weighted by Crippen LogP contribution is -1.85. The molecule has 1 heterocycles. The average Bonchev–Trinajstić information content (AvgIpc) is 3.12. The number of hydrogen-bond donors (Lipinski definition) is 1. The van der Waals surface area contributed by atoms with E-state index in [1.807, 2.05) is 5.38 Å². The molecule has 5 rings (SSSR count). The maximum absolute atomic E-state index is 8.57. The lowest BCUT2D eigenvalue weighted by molar-refractivity contribution is 0.321. The fourth-order valence-electron chi connectivity index (χ4n) is 3.41. The van der Waals surface area contributed by atoms with Crippen LogP contribution in [0.1, 0.15) is 16.3 Å². The molecule has 0 aliphatic heterocycles. The third-order valence-electron chi connectivity index (χ3n) is 4.49. The van der Waals surface area contributed by atoms with Gasteiger partial charge in [0.25, 0.3) is 0 Å². The highest BCUT2D eigenvalue weighted by Gasteiger charge is 2.08. The van der Waals surface area contributed by atoms with Crippen LogP contribution >= 0.6 is 11.3 Å². The quantitative estimate of drug-likeness (QED) is 0.147. The summed E-state index contributed by atoms with van der Waals surface area (Å²) in [7, 11) is 0. The molecule has 0 unspecified atom stereocenters. The van der Waals surface area contributed by atoms with Gasteiger partial charge in [0.1, 0.15) is 0 Å². The third-order valence-corrected chi connectivity index (χ3v) is 5.26. The van der Waals surface area contributed by atoms with Crippen molar-refractivity contribution in [2.24, 2.45) is 5.16 Å². The van der Waals surface area contributed by atoms with Crippen LogP contribution < -0.4 is 0 Å². The molecule has 1 N–H and O–H groups in total. The zero-order chi connectivity index (χ0) is 17.5. The molecular weight excluding hydrogens is 340 g/mol. The van der Waals surface area contributed by atoms with E-state index < -0.39 is 0 Å². The van der Waals surface area contributed by atoms with Crippen LogP contribution in [-0.4, -0.2) is 16.4 Å². The van der Waals surface area contributed by atoms with E-state index in [1.165, 1.54) is 49.9 Å². The van der Waals surface area contributed by atoms with Gasteiger partial charge < -0.3 is 5.21 Å². The number of aromatic nitrogens is 1. The summed E-state index contributed by atoms with van der Waals surface area (Å²) >= 11 is 1.43. The molecule has 0 fully saturated rings. The fourth-order valence-corrected chi connectivity index (χ4v) is 4.03. The van der Waals surface area contributed by atoms with E-state index in [0.29, 0.717) is 10.7 Å². The topological polar surface area (TPSA) is 45.5 Å². The SMILES string of the molecule is O/N=C\c1csc(C#Cc2cc3ccc4cccc5ccc(c2)c3c45)n1. The predicted molar refractivity (Wildman–Crippen MR) is 108 cm³/mol. The van der Waals surface area contributed by atoms with Crippen LogP contribution in [0.2, 0.25) is 0 Å². The summed E-state index contributed by atoms with van der Waals surface area (Å²) < 4.78 is 0. The molecule has 1 aromatic heterocycles. The van der Waals surface area contributed by atoms with Gasteiger partial charge in [-0.3, -0.25) is 0 Å². The van der Waals surface area contributed by atoms with Crippen LogP contribution in [0.15, 0.2) is 65.1 Å². The largest absolute Gasteiger partial charge is 0.411 e. The van der Waals surface area contributed by atoms with Gasteiger partial charge in [0, 0.05) is 10.9 Å². The minimum Gasteiger partial charge on any atom is -0.411 e. The Morgan fingerprint density at radius 3 is 2.23 bits per heavy atom. The van der Waals surface area contributed by atoms with E-state index in [0.717, 1.165) is 5.56 Å². The first-order chi connectivity index (χ1) is 12.8. The van der Waals surface area contributed by atoms with Crippen LogP contribution in [0.25, 0.3) is 32.3 Å². The van der Waals surface area contributed by atoms with Crippen LogP contribution in [-0.2, 0) is 0 Å². The maximum Gasteiger partial charge on any atom is 0.167 e. The zero-order valence-corrected chi connectivity index (χ0v) is 14.4. The number of rotatable bonds is 1. The van der Waals surface area contributed by atoms with Crippen molar-refractivity contribution in [3.05, 3.63) is 76.2 Å². The van der Waals surface area contributed by atoms with Crippen LogP contribution in [0.4, 0.5) is 0 Å². The summed E-state index contributed by atoms with van der Waals surface area (Å²) in [5, 5.41) is 21.6. The summed E-state index contributed by atoms with van der Waals surface area (Å²) in [5.74, 6) is 6.31. The molecule has 0 spiro atoms. The monoisotopic (exact) mass is 352 g/mol. The van der Waals surface area contributed by atoms with Crippen LogP contribution in [0.5, 0.6) is 0 Å². The number of oxime groups is 1. The Morgan fingerprint density at radius 1 is 0.885 bits per heavy atom. The van der Waals surface area contributed by atoms with Gasteiger partial charge in [0.05, 0.1) is 11.9 Å². The van der Waals surface area contributed by atoms with Gasteiger partial charge in [0.15, 0.2) is 5.01 Å². The molecule has 26 heavy (non-hydrogen) atoms. The fraction of sp³-hybridized carbons (Fsp3) is 0. The van der Waals surface area contributed by atoms with Crippen molar-refractivity contribution >= 4 is 49.9 Å². The van der Waals surface area contributed by atoms with E-state index in [4.69, 9.17) is 5.21 Å². The number of nitrogens with zero attached hydrogens (tertiary/aromatic N) is 2. The first-order valence-corrected chi connectivity index (χ1v) is 9.02. The Kier molecular flexibility index (Phi) is 3.34. The summed E-state index contributed by atoms with van der Waals surface area (Å²) in [4.78, 5) is 4.29. The zero-order valence-electron chi connectivity index (χ0n) is 13.6. The molecule has 0 saturated heterocycles. The van der Waals surface area contributed by atoms with E-state index >= 15 is 0 Å². The van der Waals surface area contributed by atoms with Crippen LogP contribution in [0.3, 0.4) is 0 Å². The van der Waals surface area contributed by atoms with Gasteiger partial charge >= 0.3 is 0 Å². The van der Waals surface area contributed by atoms with E-state index in [1.54, 1.807) is 0 Å². The second kappa shape index (κ2) is 5.83. The van der Waals surface area contributed by atoms with Gasteiger partial charge in [-0.1, -0.05) is 53.5 Å². The second-order valence-corrected chi connectivity index (χ2v) is 6.94. The lowest BCUT2D eigenvalue weighted by Gasteiger charge is -2.10. The minimum atomic E-state index is 0.609. The van der Waals surface area contributed by atoms with Crippen molar-refractivity contribution in [2.45, 2.75) is 0 Å².